The number of non-ortho nitro benzene ring substituents is 1. The van der Waals surface area contributed by atoms with Crippen molar-refractivity contribution in [2.45, 2.75) is 0 Å². The van der Waals surface area contributed by atoms with Crippen LogP contribution in [0.3, 0.4) is 0 Å². The molecule has 1 aromatic heterocycles. The molecular formula is C10H6INO2S. The molecule has 0 unspecified atom stereocenters. The molecule has 0 spiro atoms. The molecule has 15 heavy (non-hydrogen) atoms. The molecule has 0 bridgehead atoms. The Bertz CT molecular complexity index is 492. The number of nitrogens with zero attached hydrogens (tertiary/aromatic N) is 1. The highest BCUT2D eigenvalue weighted by Gasteiger charge is 2.06. The summed E-state index contributed by atoms with van der Waals surface area (Å²) < 4.78 is 1.21. The van der Waals surface area contributed by atoms with Gasteiger partial charge in [0.1, 0.15) is 0 Å². The molecule has 1 heterocycles. The molecular weight excluding hydrogens is 325 g/mol. The average molecular weight is 331 g/mol. The second kappa shape index (κ2) is 4.28. The van der Waals surface area contributed by atoms with Crippen molar-refractivity contribution in [2.75, 3.05) is 0 Å². The van der Waals surface area contributed by atoms with E-state index in [9.17, 15) is 10.1 Å². The number of hydrogen-bond donors (Lipinski definition) is 0. The van der Waals surface area contributed by atoms with Crippen molar-refractivity contribution < 1.29 is 4.92 Å². The molecule has 0 aliphatic rings. The Morgan fingerprint density at radius 3 is 2.27 bits per heavy atom. The monoisotopic (exact) mass is 331 g/mol. The van der Waals surface area contributed by atoms with Gasteiger partial charge >= 0.3 is 0 Å². The van der Waals surface area contributed by atoms with E-state index < -0.39 is 0 Å². The molecule has 0 fully saturated rings. The summed E-state index contributed by atoms with van der Waals surface area (Å²) in [6, 6.07) is 10.7. The lowest BCUT2D eigenvalue weighted by molar-refractivity contribution is -0.384. The third-order valence-corrected chi connectivity index (χ3v) is 3.88. The van der Waals surface area contributed by atoms with Gasteiger partial charge in [-0.3, -0.25) is 10.1 Å². The minimum Gasteiger partial charge on any atom is -0.258 e. The lowest BCUT2D eigenvalue weighted by Gasteiger charge is -1.96. The maximum absolute atomic E-state index is 10.5. The minimum absolute atomic E-state index is 0.130. The van der Waals surface area contributed by atoms with Crippen molar-refractivity contribution in [3.05, 3.63) is 49.4 Å². The summed E-state index contributed by atoms with van der Waals surface area (Å²) in [5, 5.41) is 10.5. The Hall–Kier alpha value is -0.950. The Balaban J connectivity index is 2.35. The maximum Gasteiger partial charge on any atom is 0.269 e. The molecule has 0 amide bonds. The van der Waals surface area contributed by atoms with E-state index in [-0.39, 0.29) is 10.6 Å². The van der Waals surface area contributed by atoms with Crippen molar-refractivity contribution in [1.29, 1.82) is 0 Å². The molecule has 3 nitrogen and oxygen atoms in total. The van der Waals surface area contributed by atoms with Crippen molar-refractivity contribution in [1.82, 2.24) is 0 Å². The van der Waals surface area contributed by atoms with E-state index in [0.717, 1.165) is 10.4 Å². The van der Waals surface area contributed by atoms with Crippen LogP contribution in [0.1, 0.15) is 0 Å². The number of nitro groups is 1. The van der Waals surface area contributed by atoms with Crippen LogP contribution in [0.15, 0.2) is 36.4 Å². The zero-order chi connectivity index (χ0) is 10.8. The van der Waals surface area contributed by atoms with Crippen molar-refractivity contribution in [3.63, 3.8) is 0 Å². The molecule has 0 N–H and O–H groups in total. The zero-order valence-electron chi connectivity index (χ0n) is 7.51. The first-order valence-electron chi connectivity index (χ1n) is 4.17. The van der Waals surface area contributed by atoms with Crippen molar-refractivity contribution in [3.8, 4) is 10.4 Å². The summed E-state index contributed by atoms with van der Waals surface area (Å²) in [6.07, 6.45) is 0. The summed E-state index contributed by atoms with van der Waals surface area (Å²) in [7, 11) is 0. The van der Waals surface area contributed by atoms with Gasteiger partial charge in [-0.1, -0.05) is 0 Å². The predicted octanol–water partition coefficient (Wildman–Crippen LogP) is 3.93. The Kier molecular flexibility index (Phi) is 3.01. The van der Waals surface area contributed by atoms with Crippen LogP contribution in [0.2, 0.25) is 0 Å². The van der Waals surface area contributed by atoms with Crippen molar-refractivity contribution >= 4 is 39.6 Å². The molecule has 0 aliphatic carbocycles. The fraction of sp³-hybridized carbons (Fsp3) is 0. The summed E-state index contributed by atoms with van der Waals surface area (Å²) in [5.74, 6) is 0. The molecule has 0 saturated carbocycles. The first-order chi connectivity index (χ1) is 7.16. The number of thiophene rings is 1. The summed E-state index contributed by atoms with van der Waals surface area (Å²) >= 11 is 3.93. The minimum atomic E-state index is -0.387. The molecule has 0 saturated heterocycles. The molecule has 0 aliphatic heterocycles. The quantitative estimate of drug-likeness (QED) is 0.475. The highest BCUT2D eigenvalue weighted by atomic mass is 127. The van der Waals surface area contributed by atoms with E-state index in [1.54, 1.807) is 23.5 Å². The second-order valence-electron chi connectivity index (χ2n) is 2.91. The normalized spacial score (nSPS) is 10.2. The van der Waals surface area contributed by atoms with E-state index in [1.165, 1.54) is 15.0 Å². The van der Waals surface area contributed by atoms with Crippen LogP contribution in [-0.2, 0) is 0 Å². The SMILES string of the molecule is O=[N+]([O-])c1ccc(-c2ccc(I)s2)cc1. The third-order valence-electron chi connectivity index (χ3n) is 1.94. The zero-order valence-corrected chi connectivity index (χ0v) is 10.5. The van der Waals surface area contributed by atoms with Crippen LogP contribution < -0.4 is 0 Å². The highest BCUT2D eigenvalue weighted by Crippen LogP contribution is 2.29. The lowest BCUT2D eigenvalue weighted by atomic mass is 10.2. The summed E-state index contributed by atoms with van der Waals surface area (Å²) in [5.41, 5.74) is 1.15. The van der Waals surface area contributed by atoms with Gasteiger partial charge in [-0.15, -0.1) is 11.3 Å². The molecule has 0 atom stereocenters. The van der Waals surface area contributed by atoms with Gasteiger partial charge in [0.25, 0.3) is 5.69 Å². The maximum atomic E-state index is 10.5. The van der Waals surface area contributed by atoms with Gasteiger partial charge in [-0.25, -0.2) is 0 Å². The Morgan fingerprint density at radius 1 is 1.13 bits per heavy atom. The van der Waals surface area contributed by atoms with Gasteiger partial charge in [-0.2, -0.15) is 0 Å². The van der Waals surface area contributed by atoms with Gasteiger partial charge in [-0.05, 0) is 52.4 Å². The smallest absolute Gasteiger partial charge is 0.258 e. The number of rotatable bonds is 2. The molecule has 0 radical (unpaired) electrons. The van der Waals surface area contributed by atoms with Crippen LogP contribution in [0, 0.1) is 13.0 Å². The predicted molar refractivity (Wildman–Crippen MR) is 69.1 cm³/mol. The van der Waals surface area contributed by atoms with Gasteiger partial charge in [0.05, 0.1) is 7.81 Å². The van der Waals surface area contributed by atoms with Crippen LogP contribution in [0.25, 0.3) is 10.4 Å². The Labute approximate surface area is 104 Å². The lowest BCUT2D eigenvalue weighted by Crippen LogP contribution is -1.86. The van der Waals surface area contributed by atoms with Gasteiger partial charge in [0.15, 0.2) is 0 Å². The van der Waals surface area contributed by atoms with E-state index in [1.807, 2.05) is 12.1 Å². The molecule has 1 aromatic carbocycles. The number of halogens is 1. The van der Waals surface area contributed by atoms with Crippen LogP contribution in [0.5, 0.6) is 0 Å². The topological polar surface area (TPSA) is 43.1 Å². The van der Waals surface area contributed by atoms with Gasteiger partial charge < -0.3 is 0 Å². The molecule has 2 aromatic rings. The van der Waals surface area contributed by atoms with E-state index in [2.05, 4.69) is 22.6 Å². The molecule has 76 valence electrons. The second-order valence-corrected chi connectivity index (χ2v) is 5.89. The number of nitro benzene ring substituents is 1. The van der Waals surface area contributed by atoms with E-state index in [0.29, 0.717) is 0 Å². The van der Waals surface area contributed by atoms with E-state index >= 15 is 0 Å². The first-order valence-corrected chi connectivity index (χ1v) is 6.06. The highest BCUT2D eigenvalue weighted by molar-refractivity contribution is 14.1. The number of benzene rings is 1. The fourth-order valence-corrected chi connectivity index (χ4v) is 2.84. The summed E-state index contributed by atoms with van der Waals surface area (Å²) in [6.45, 7) is 0. The van der Waals surface area contributed by atoms with Crippen LogP contribution in [0.4, 0.5) is 5.69 Å². The largest absolute Gasteiger partial charge is 0.269 e. The average Bonchev–Trinajstić information content (AvgIpc) is 2.65. The number of hydrogen-bond acceptors (Lipinski definition) is 3. The van der Waals surface area contributed by atoms with Crippen molar-refractivity contribution in [2.24, 2.45) is 0 Å². The van der Waals surface area contributed by atoms with E-state index in [4.69, 9.17) is 0 Å². The van der Waals surface area contributed by atoms with Crippen LogP contribution in [-0.4, -0.2) is 4.92 Å². The molecule has 2 rings (SSSR count). The van der Waals surface area contributed by atoms with Gasteiger partial charge in [0, 0.05) is 17.0 Å². The van der Waals surface area contributed by atoms with Crippen LogP contribution >= 0.6 is 33.9 Å². The first kappa shape index (κ1) is 10.6. The molecule has 5 heteroatoms. The third kappa shape index (κ3) is 2.35. The summed E-state index contributed by atoms with van der Waals surface area (Å²) in [4.78, 5) is 11.2. The standard InChI is InChI=1S/C10H6INO2S/c11-10-6-5-9(15-10)7-1-3-8(4-2-7)12(13)14/h1-6H. The Morgan fingerprint density at radius 2 is 1.80 bits per heavy atom. The fourth-order valence-electron chi connectivity index (χ4n) is 1.22. The van der Waals surface area contributed by atoms with Gasteiger partial charge in [0.2, 0.25) is 0 Å².